The van der Waals surface area contributed by atoms with E-state index in [-0.39, 0.29) is 11.7 Å². The molecule has 184 valence electrons. The minimum Gasteiger partial charge on any atom is -0.466 e. The molecule has 1 unspecified atom stereocenters. The maximum atomic E-state index is 13.9. The number of benzene rings is 2. The fourth-order valence-corrected chi connectivity index (χ4v) is 5.12. The summed E-state index contributed by atoms with van der Waals surface area (Å²) in [6.07, 6.45) is 9.81. The molecule has 0 radical (unpaired) electrons. The Bertz CT molecular complexity index is 1370. The summed E-state index contributed by atoms with van der Waals surface area (Å²) in [4.78, 5) is 15.9. The average molecular weight is 502 g/mol. The number of halogens is 2. The quantitative estimate of drug-likeness (QED) is 0.194. The lowest BCUT2D eigenvalue weighted by Crippen LogP contribution is -2.17. The smallest absolute Gasteiger partial charge is 0.330 e. The van der Waals surface area contributed by atoms with E-state index >= 15 is 0 Å². The molecule has 3 nitrogen and oxygen atoms in total. The Labute approximate surface area is 217 Å². The highest BCUT2D eigenvalue weighted by Crippen LogP contribution is 2.47. The lowest BCUT2D eigenvalue weighted by Gasteiger charge is -2.32. The standard InChI is InChI=1S/C31H29ClFNO2/c1-5-25(27-12-11-24(33)17-29(27)32)31(22-9-6-21(7-10-22)8-13-30(35)36-4)28-16-23-18-34-15-14-26(23)19(2)20(28)3/h6-20H,5H2,1-4H3/b13-8+,31-25+/t19-,20?/m0/s1. The van der Waals surface area contributed by atoms with Crippen LogP contribution < -0.4 is 0 Å². The van der Waals surface area contributed by atoms with Crippen molar-refractivity contribution >= 4 is 40.9 Å². The van der Waals surface area contributed by atoms with Crippen LogP contribution in [-0.4, -0.2) is 18.1 Å². The van der Waals surface area contributed by atoms with Gasteiger partial charge in [0.05, 0.1) is 12.1 Å². The SMILES string of the molecule is CC/C(=C(\C1=Cc2cnccc2[C@@H](C)C1C)c1ccc(/C=C/C(=O)OC)cc1)c1ccc(F)cc1Cl. The molecular formula is C31H29ClFNO2. The molecule has 0 bridgehead atoms. The molecule has 4 rings (SSSR count). The zero-order valence-electron chi connectivity index (χ0n) is 20.9. The Morgan fingerprint density at radius 2 is 1.86 bits per heavy atom. The molecule has 2 atom stereocenters. The number of esters is 1. The van der Waals surface area contributed by atoms with E-state index in [2.05, 4.69) is 50.0 Å². The van der Waals surface area contributed by atoms with Crippen LogP contribution in [0, 0.1) is 11.7 Å². The van der Waals surface area contributed by atoms with Gasteiger partial charge in [0.2, 0.25) is 0 Å². The fourth-order valence-electron chi connectivity index (χ4n) is 4.83. The molecule has 1 aliphatic carbocycles. The minimum absolute atomic E-state index is 0.231. The first-order valence-electron chi connectivity index (χ1n) is 12.0. The zero-order chi connectivity index (χ0) is 25.8. The van der Waals surface area contributed by atoms with Gasteiger partial charge in [0, 0.05) is 18.5 Å². The maximum absolute atomic E-state index is 13.9. The number of hydrogen-bond donors (Lipinski definition) is 0. The molecule has 0 aliphatic heterocycles. The molecule has 0 saturated carbocycles. The molecular weight excluding hydrogens is 473 g/mol. The van der Waals surface area contributed by atoms with Gasteiger partial charge in [0.1, 0.15) is 5.82 Å². The Morgan fingerprint density at radius 1 is 1.11 bits per heavy atom. The van der Waals surface area contributed by atoms with Gasteiger partial charge in [-0.3, -0.25) is 4.98 Å². The second-order valence-electron chi connectivity index (χ2n) is 8.99. The van der Waals surface area contributed by atoms with Crippen LogP contribution in [0.5, 0.6) is 0 Å². The second-order valence-corrected chi connectivity index (χ2v) is 9.40. The molecule has 3 aromatic rings. The first kappa shape index (κ1) is 25.6. The van der Waals surface area contributed by atoms with E-state index in [1.807, 2.05) is 24.5 Å². The van der Waals surface area contributed by atoms with Gasteiger partial charge in [-0.05, 0) is 93.1 Å². The molecule has 5 heteroatoms. The van der Waals surface area contributed by atoms with Crippen molar-refractivity contribution in [2.45, 2.75) is 33.1 Å². The van der Waals surface area contributed by atoms with E-state index in [1.54, 1.807) is 12.1 Å². The summed E-state index contributed by atoms with van der Waals surface area (Å²) in [5.74, 6) is -0.237. The lowest BCUT2D eigenvalue weighted by atomic mass is 9.72. The fraction of sp³-hybridized carbons (Fsp3) is 0.226. The molecule has 36 heavy (non-hydrogen) atoms. The normalized spacial score (nSPS) is 17.9. The first-order valence-corrected chi connectivity index (χ1v) is 12.4. The van der Waals surface area contributed by atoms with E-state index in [1.165, 1.54) is 36.5 Å². The molecule has 1 aliphatic rings. The largest absolute Gasteiger partial charge is 0.466 e. The molecule has 0 fully saturated rings. The van der Waals surface area contributed by atoms with E-state index in [0.29, 0.717) is 17.4 Å². The molecule has 0 N–H and O–H groups in total. The van der Waals surface area contributed by atoms with Gasteiger partial charge >= 0.3 is 5.97 Å². The van der Waals surface area contributed by atoms with Crippen molar-refractivity contribution in [3.63, 3.8) is 0 Å². The van der Waals surface area contributed by atoms with Gasteiger partial charge in [-0.1, -0.05) is 62.7 Å². The highest BCUT2D eigenvalue weighted by molar-refractivity contribution is 6.32. The predicted molar refractivity (Wildman–Crippen MR) is 146 cm³/mol. The number of nitrogens with zero attached hydrogens (tertiary/aromatic N) is 1. The van der Waals surface area contributed by atoms with Gasteiger partial charge < -0.3 is 4.74 Å². The number of aromatic nitrogens is 1. The Hall–Kier alpha value is -3.50. The number of pyridine rings is 1. The Morgan fingerprint density at radius 3 is 2.53 bits per heavy atom. The van der Waals surface area contributed by atoms with Crippen LogP contribution in [0.4, 0.5) is 4.39 Å². The Kier molecular flexibility index (Phi) is 7.85. The summed E-state index contributed by atoms with van der Waals surface area (Å²) in [6, 6.07) is 14.7. The number of ether oxygens (including phenoxy) is 1. The number of methoxy groups -OCH3 is 1. The summed E-state index contributed by atoms with van der Waals surface area (Å²) >= 11 is 6.57. The van der Waals surface area contributed by atoms with Crippen LogP contribution >= 0.6 is 11.6 Å². The first-order chi connectivity index (χ1) is 17.3. The number of rotatable bonds is 6. The van der Waals surface area contributed by atoms with Gasteiger partial charge in [-0.15, -0.1) is 0 Å². The highest BCUT2D eigenvalue weighted by atomic mass is 35.5. The van der Waals surface area contributed by atoms with E-state index in [0.717, 1.165) is 33.4 Å². The van der Waals surface area contributed by atoms with Crippen LogP contribution in [0.15, 0.2) is 72.6 Å². The predicted octanol–water partition coefficient (Wildman–Crippen LogP) is 8.22. The van der Waals surface area contributed by atoms with E-state index in [9.17, 15) is 9.18 Å². The number of fused-ring (bicyclic) bond motifs is 1. The van der Waals surface area contributed by atoms with Crippen molar-refractivity contribution in [3.8, 4) is 0 Å². The van der Waals surface area contributed by atoms with E-state index in [4.69, 9.17) is 16.3 Å². The second kappa shape index (κ2) is 11.0. The van der Waals surface area contributed by atoms with Gasteiger partial charge in [-0.25, -0.2) is 9.18 Å². The molecule has 0 spiro atoms. The maximum Gasteiger partial charge on any atom is 0.330 e. The van der Waals surface area contributed by atoms with Gasteiger partial charge in [0.25, 0.3) is 0 Å². The number of hydrogen-bond acceptors (Lipinski definition) is 3. The van der Waals surface area contributed by atoms with Crippen LogP contribution in [0.3, 0.4) is 0 Å². The summed E-state index contributed by atoms with van der Waals surface area (Å²) in [5, 5.41) is 0.390. The summed E-state index contributed by atoms with van der Waals surface area (Å²) in [5.41, 5.74) is 8.45. The third-order valence-corrected chi connectivity index (χ3v) is 7.25. The van der Waals surface area contributed by atoms with Gasteiger partial charge in [-0.2, -0.15) is 0 Å². The van der Waals surface area contributed by atoms with E-state index < -0.39 is 5.97 Å². The van der Waals surface area contributed by atoms with Crippen molar-refractivity contribution in [1.29, 1.82) is 0 Å². The highest BCUT2D eigenvalue weighted by Gasteiger charge is 2.29. The van der Waals surface area contributed by atoms with Crippen LogP contribution in [0.25, 0.3) is 23.3 Å². The van der Waals surface area contributed by atoms with Crippen LogP contribution in [0.2, 0.25) is 5.02 Å². The van der Waals surface area contributed by atoms with Crippen molar-refractivity contribution in [2.24, 2.45) is 5.92 Å². The summed E-state index contributed by atoms with van der Waals surface area (Å²) < 4.78 is 18.6. The molecule has 1 heterocycles. The molecule has 2 aromatic carbocycles. The van der Waals surface area contributed by atoms with Crippen molar-refractivity contribution in [3.05, 3.63) is 111 Å². The topological polar surface area (TPSA) is 39.2 Å². The third kappa shape index (κ3) is 5.19. The zero-order valence-corrected chi connectivity index (χ0v) is 21.6. The number of carbonyl (C=O) groups excluding carboxylic acids is 1. The molecule has 0 saturated heterocycles. The molecule has 0 amide bonds. The lowest BCUT2D eigenvalue weighted by molar-refractivity contribution is -0.134. The van der Waals surface area contributed by atoms with Crippen LogP contribution in [0.1, 0.15) is 60.9 Å². The van der Waals surface area contributed by atoms with Crippen LogP contribution in [-0.2, 0) is 9.53 Å². The number of carbonyl (C=O) groups is 1. The molecule has 1 aromatic heterocycles. The third-order valence-electron chi connectivity index (χ3n) is 6.94. The van der Waals surface area contributed by atoms with Crippen molar-refractivity contribution < 1.29 is 13.9 Å². The monoisotopic (exact) mass is 501 g/mol. The summed E-state index contributed by atoms with van der Waals surface area (Å²) in [6.45, 7) is 6.58. The van der Waals surface area contributed by atoms with Crippen molar-refractivity contribution in [2.75, 3.05) is 7.11 Å². The summed E-state index contributed by atoms with van der Waals surface area (Å²) in [7, 11) is 1.35. The van der Waals surface area contributed by atoms with Gasteiger partial charge in [0.15, 0.2) is 0 Å². The Balaban J connectivity index is 1.94. The van der Waals surface area contributed by atoms with Crippen molar-refractivity contribution in [1.82, 2.24) is 4.98 Å². The number of allylic oxidation sites excluding steroid dienone is 3. The average Bonchev–Trinajstić information content (AvgIpc) is 2.89. The minimum atomic E-state index is -0.402.